The summed E-state index contributed by atoms with van der Waals surface area (Å²) in [4.78, 5) is 11.9. The second kappa shape index (κ2) is 5.36. The van der Waals surface area contributed by atoms with E-state index in [4.69, 9.17) is 0 Å². The highest BCUT2D eigenvalue weighted by Gasteiger charge is 2.21. The number of carbonyl (C=O) groups is 1. The maximum atomic E-state index is 11.9. The highest BCUT2D eigenvalue weighted by molar-refractivity contribution is 7.10. The standard InChI is InChI=1S/C13H14N4OS/c18-13(16-12-8-14-17-19-12)15-11-7-3-5-9-4-1-2-6-10(9)11/h1-2,4,6,8,11H,3,5,7H2,(H2,15,16,18)/t11-/m1/s1. The van der Waals surface area contributed by atoms with Gasteiger partial charge in [-0.2, -0.15) is 0 Å². The van der Waals surface area contributed by atoms with Gasteiger partial charge in [-0.1, -0.05) is 28.8 Å². The molecule has 1 heterocycles. The second-order valence-electron chi connectivity index (χ2n) is 4.52. The molecule has 0 saturated carbocycles. The van der Waals surface area contributed by atoms with Crippen molar-refractivity contribution in [3.05, 3.63) is 41.6 Å². The quantitative estimate of drug-likeness (QED) is 0.885. The molecule has 1 aromatic carbocycles. The van der Waals surface area contributed by atoms with Crippen LogP contribution in [0.4, 0.5) is 9.80 Å². The number of nitrogens with zero attached hydrogens (tertiary/aromatic N) is 2. The fourth-order valence-electron chi connectivity index (χ4n) is 2.43. The van der Waals surface area contributed by atoms with Gasteiger partial charge in [-0.3, -0.25) is 5.32 Å². The van der Waals surface area contributed by atoms with Crippen molar-refractivity contribution in [2.75, 3.05) is 5.32 Å². The van der Waals surface area contributed by atoms with Crippen LogP contribution in [-0.2, 0) is 6.42 Å². The number of anilines is 1. The summed E-state index contributed by atoms with van der Waals surface area (Å²) in [7, 11) is 0. The van der Waals surface area contributed by atoms with Crippen LogP contribution in [0.1, 0.15) is 30.0 Å². The molecule has 3 rings (SSSR count). The Kier molecular flexibility index (Phi) is 3.41. The van der Waals surface area contributed by atoms with E-state index < -0.39 is 0 Å². The molecule has 2 amide bonds. The smallest absolute Gasteiger partial charge is 0.320 e. The van der Waals surface area contributed by atoms with Crippen molar-refractivity contribution >= 4 is 22.6 Å². The van der Waals surface area contributed by atoms with Gasteiger partial charge in [0.1, 0.15) is 5.00 Å². The summed E-state index contributed by atoms with van der Waals surface area (Å²) in [5.41, 5.74) is 2.56. The van der Waals surface area contributed by atoms with E-state index in [9.17, 15) is 4.79 Å². The van der Waals surface area contributed by atoms with Crippen molar-refractivity contribution in [3.63, 3.8) is 0 Å². The maximum Gasteiger partial charge on any atom is 0.320 e. The van der Waals surface area contributed by atoms with Crippen molar-refractivity contribution in [1.29, 1.82) is 0 Å². The largest absolute Gasteiger partial charge is 0.331 e. The third-order valence-corrected chi connectivity index (χ3v) is 3.85. The van der Waals surface area contributed by atoms with Gasteiger partial charge in [0.15, 0.2) is 0 Å². The number of aromatic nitrogens is 2. The van der Waals surface area contributed by atoms with Crippen LogP contribution in [0.2, 0.25) is 0 Å². The molecule has 1 aromatic heterocycles. The zero-order valence-corrected chi connectivity index (χ0v) is 11.1. The summed E-state index contributed by atoms with van der Waals surface area (Å²) in [6.07, 6.45) is 4.71. The van der Waals surface area contributed by atoms with Gasteiger partial charge in [0.2, 0.25) is 0 Å². The number of carbonyl (C=O) groups excluding carboxylic acids is 1. The Bertz CT molecular complexity index is 570. The van der Waals surface area contributed by atoms with Crippen LogP contribution < -0.4 is 10.6 Å². The molecule has 98 valence electrons. The number of amides is 2. The Labute approximate surface area is 115 Å². The van der Waals surface area contributed by atoms with Gasteiger partial charge in [-0.25, -0.2) is 4.79 Å². The first kappa shape index (κ1) is 12.1. The molecule has 6 heteroatoms. The summed E-state index contributed by atoms with van der Waals surface area (Å²) in [6, 6.07) is 8.18. The molecule has 0 bridgehead atoms. The van der Waals surface area contributed by atoms with Gasteiger partial charge < -0.3 is 5.32 Å². The molecule has 2 N–H and O–H groups in total. The van der Waals surface area contributed by atoms with E-state index in [1.54, 1.807) is 6.20 Å². The number of benzene rings is 1. The molecular weight excluding hydrogens is 260 g/mol. The highest BCUT2D eigenvalue weighted by atomic mass is 32.1. The predicted octanol–water partition coefficient (Wildman–Crippen LogP) is 2.74. The molecule has 0 radical (unpaired) electrons. The highest BCUT2D eigenvalue weighted by Crippen LogP contribution is 2.29. The lowest BCUT2D eigenvalue weighted by Gasteiger charge is -2.26. The fraction of sp³-hybridized carbons (Fsp3) is 0.308. The van der Waals surface area contributed by atoms with E-state index in [-0.39, 0.29) is 12.1 Å². The zero-order valence-electron chi connectivity index (χ0n) is 10.3. The number of nitrogens with one attached hydrogen (secondary N) is 2. The molecule has 0 aliphatic heterocycles. The van der Waals surface area contributed by atoms with Crippen LogP contribution >= 0.6 is 11.5 Å². The van der Waals surface area contributed by atoms with Crippen LogP contribution in [0.5, 0.6) is 0 Å². The minimum atomic E-state index is -0.201. The molecule has 0 unspecified atom stereocenters. The third-order valence-electron chi connectivity index (χ3n) is 3.27. The molecule has 0 fully saturated rings. The van der Waals surface area contributed by atoms with Gasteiger partial charge in [-0.05, 0) is 30.4 Å². The Morgan fingerprint density at radius 2 is 2.26 bits per heavy atom. The lowest BCUT2D eigenvalue weighted by Crippen LogP contribution is -2.34. The Morgan fingerprint density at radius 3 is 3.11 bits per heavy atom. The van der Waals surface area contributed by atoms with Gasteiger partial charge in [0.25, 0.3) is 0 Å². The monoisotopic (exact) mass is 274 g/mol. The normalized spacial score (nSPS) is 17.6. The van der Waals surface area contributed by atoms with Gasteiger partial charge in [0, 0.05) is 11.5 Å². The summed E-state index contributed by atoms with van der Waals surface area (Å²) in [5.74, 6) is 0. The summed E-state index contributed by atoms with van der Waals surface area (Å²) >= 11 is 1.17. The lowest BCUT2D eigenvalue weighted by molar-refractivity contribution is 0.247. The number of hydrogen-bond donors (Lipinski definition) is 2. The third kappa shape index (κ3) is 2.73. The minimum absolute atomic E-state index is 0.0887. The van der Waals surface area contributed by atoms with Crippen molar-refractivity contribution in [1.82, 2.24) is 14.9 Å². The van der Waals surface area contributed by atoms with Crippen molar-refractivity contribution in [2.24, 2.45) is 0 Å². The number of urea groups is 1. The molecule has 1 atom stereocenters. The zero-order chi connectivity index (χ0) is 13.1. The molecule has 2 aromatic rings. The van der Waals surface area contributed by atoms with Crippen molar-refractivity contribution in [2.45, 2.75) is 25.3 Å². The number of rotatable bonds is 2. The number of hydrogen-bond acceptors (Lipinski definition) is 4. The van der Waals surface area contributed by atoms with E-state index in [2.05, 4.69) is 32.4 Å². The SMILES string of the molecule is O=C(Nc1cnns1)N[C@@H]1CCCc2ccccc21. The van der Waals surface area contributed by atoms with Crippen molar-refractivity contribution in [3.8, 4) is 0 Å². The minimum Gasteiger partial charge on any atom is -0.331 e. The first-order valence-electron chi connectivity index (χ1n) is 6.25. The summed E-state index contributed by atoms with van der Waals surface area (Å²) in [5, 5.41) is 10.1. The number of fused-ring (bicyclic) bond motifs is 1. The van der Waals surface area contributed by atoms with Crippen LogP contribution in [-0.4, -0.2) is 15.6 Å². The Morgan fingerprint density at radius 1 is 1.37 bits per heavy atom. The van der Waals surface area contributed by atoms with E-state index in [1.165, 1.54) is 22.7 Å². The predicted molar refractivity (Wildman–Crippen MR) is 74.2 cm³/mol. The van der Waals surface area contributed by atoms with Crippen LogP contribution in [0.25, 0.3) is 0 Å². The first-order valence-corrected chi connectivity index (χ1v) is 7.03. The van der Waals surface area contributed by atoms with Gasteiger partial charge in [-0.15, -0.1) is 5.10 Å². The fourth-order valence-corrected chi connectivity index (χ4v) is 2.85. The lowest BCUT2D eigenvalue weighted by atomic mass is 9.88. The molecule has 19 heavy (non-hydrogen) atoms. The van der Waals surface area contributed by atoms with Gasteiger partial charge >= 0.3 is 6.03 Å². The summed E-state index contributed by atoms with van der Waals surface area (Å²) in [6.45, 7) is 0. The van der Waals surface area contributed by atoms with E-state index >= 15 is 0 Å². The van der Waals surface area contributed by atoms with E-state index in [1.807, 2.05) is 12.1 Å². The molecular formula is C13H14N4OS. The van der Waals surface area contributed by atoms with Crippen LogP contribution in [0.3, 0.4) is 0 Å². The number of aryl methyl sites for hydroxylation is 1. The summed E-state index contributed by atoms with van der Waals surface area (Å²) < 4.78 is 3.71. The van der Waals surface area contributed by atoms with Gasteiger partial charge in [0.05, 0.1) is 12.2 Å². The average Bonchev–Trinajstić information content (AvgIpc) is 2.92. The Hall–Kier alpha value is -1.95. The van der Waals surface area contributed by atoms with Crippen molar-refractivity contribution < 1.29 is 4.79 Å². The molecule has 5 nitrogen and oxygen atoms in total. The van der Waals surface area contributed by atoms with Crippen LogP contribution in [0, 0.1) is 0 Å². The average molecular weight is 274 g/mol. The Balaban J connectivity index is 1.69. The molecule has 1 aliphatic rings. The maximum absolute atomic E-state index is 11.9. The molecule has 0 spiro atoms. The second-order valence-corrected chi connectivity index (χ2v) is 5.31. The van der Waals surface area contributed by atoms with E-state index in [0.29, 0.717) is 5.00 Å². The first-order chi connectivity index (χ1) is 9.33. The molecule has 0 saturated heterocycles. The van der Waals surface area contributed by atoms with E-state index in [0.717, 1.165) is 19.3 Å². The van der Waals surface area contributed by atoms with Crippen LogP contribution in [0.15, 0.2) is 30.5 Å². The topological polar surface area (TPSA) is 66.9 Å². The molecule has 1 aliphatic carbocycles.